The minimum absolute atomic E-state index is 0.154. The van der Waals surface area contributed by atoms with E-state index in [0.29, 0.717) is 0 Å². The van der Waals surface area contributed by atoms with Crippen LogP contribution in [0.15, 0.2) is 30.3 Å². The van der Waals surface area contributed by atoms with Crippen molar-refractivity contribution in [3.63, 3.8) is 0 Å². The highest BCUT2D eigenvalue weighted by atomic mass is 31.2. The molecule has 0 aromatic heterocycles. The van der Waals surface area contributed by atoms with E-state index in [-0.39, 0.29) is 5.75 Å². The lowest BCUT2D eigenvalue weighted by Gasteiger charge is -2.09. The molecule has 0 radical (unpaired) electrons. The van der Waals surface area contributed by atoms with Crippen molar-refractivity contribution in [3.05, 3.63) is 30.3 Å². The van der Waals surface area contributed by atoms with Gasteiger partial charge in [0.25, 0.3) is 0 Å². The number of phosphoric ester groups is 1. The fourth-order valence-corrected chi connectivity index (χ4v) is 1.27. The van der Waals surface area contributed by atoms with Crippen LogP contribution in [-0.2, 0) is 9.09 Å². The van der Waals surface area contributed by atoms with Crippen LogP contribution in [0.25, 0.3) is 0 Å². The molecule has 0 spiro atoms. The van der Waals surface area contributed by atoms with Crippen molar-refractivity contribution in [1.29, 1.82) is 0 Å². The largest absolute Gasteiger partial charge is 0.529 e. The molecule has 1 atom stereocenters. The van der Waals surface area contributed by atoms with Crippen molar-refractivity contribution in [2.75, 3.05) is 6.86 Å². The second kappa shape index (κ2) is 4.37. The monoisotopic (exact) mass is 206 g/mol. The van der Waals surface area contributed by atoms with Crippen LogP contribution in [0.3, 0.4) is 0 Å². The Balaban J connectivity index is 2.64. The molecule has 0 saturated heterocycles. The number of benzene rings is 1. The van der Waals surface area contributed by atoms with Crippen LogP contribution in [0.1, 0.15) is 0 Å². The molecule has 1 aromatic rings. The van der Waals surface area contributed by atoms with Crippen LogP contribution in [0, 0.1) is 0 Å². The van der Waals surface area contributed by atoms with E-state index in [1.807, 2.05) is 0 Å². The molecule has 0 heterocycles. The zero-order chi connectivity index (χ0) is 9.73. The SMILES string of the molecule is O=P(O)(OCF)Oc1ccccc1. The van der Waals surface area contributed by atoms with E-state index < -0.39 is 14.7 Å². The summed E-state index contributed by atoms with van der Waals surface area (Å²) in [6, 6.07) is 7.87. The molecule has 0 aliphatic heterocycles. The summed E-state index contributed by atoms with van der Waals surface area (Å²) in [7, 11) is -4.29. The Bertz CT molecular complexity index is 303. The molecule has 0 aliphatic rings. The van der Waals surface area contributed by atoms with Gasteiger partial charge in [0.1, 0.15) is 5.75 Å². The maximum absolute atomic E-state index is 11.6. The minimum atomic E-state index is -4.29. The van der Waals surface area contributed by atoms with E-state index in [0.717, 1.165) is 0 Å². The predicted octanol–water partition coefficient (Wildman–Crippen LogP) is 2.11. The molecule has 6 heteroatoms. The summed E-state index contributed by atoms with van der Waals surface area (Å²) in [6.45, 7) is -1.36. The Kier molecular flexibility index (Phi) is 3.42. The Morgan fingerprint density at radius 2 is 2.00 bits per heavy atom. The Morgan fingerprint density at radius 3 is 2.54 bits per heavy atom. The highest BCUT2D eigenvalue weighted by Gasteiger charge is 2.22. The van der Waals surface area contributed by atoms with E-state index in [2.05, 4.69) is 9.05 Å². The van der Waals surface area contributed by atoms with Crippen molar-refractivity contribution in [2.45, 2.75) is 0 Å². The molecule has 1 unspecified atom stereocenters. The fraction of sp³-hybridized carbons (Fsp3) is 0.143. The Labute approximate surface area is 74.5 Å². The summed E-state index contributed by atoms with van der Waals surface area (Å²) < 4.78 is 30.8. The average Bonchev–Trinajstić information content (AvgIpc) is 2.04. The lowest BCUT2D eigenvalue weighted by atomic mass is 10.3. The first kappa shape index (κ1) is 10.2. The maximum atomic E-state index is 11.6. The van der Waals surface area contributed by atoms with Gasteiger partial charge in [0.15, 0.2) is 0 Å². The fourth-order valence-electron chi connectivity index (χ4n) is 0.703. The van der Waals surface area contributed by atoms with Gasteiger partial charge >= 0.3 is 7.82 Å². The Morgan fingerprint density at radius 1 is 1.38 bits per heavy atom. The van der Waals surface area contributed by atoms with Gasteiger partial charge in [-0.2, -0.15) is 0 Å². The van der Waals surface area contributed by atoms with E-state index in [4.69, 9.17) is 4.89 Å². The summed E-state index contributed by atoms with van der Waals surface area (Å²) in [5.74, 6) is 0.154. The third kappa shape index (κ3) is 3.55. The molecule has 72 valence electrons. The first-order valence-corrected chi connectivity index (χ1v) is 4.91. The number of hydrogen-bond donors (Lipinski definition) is 1. The molecule has 1 rings (SSSR count). The van der Waals surface area contributed by atoms with Gasteiger partial charge < -0.3 is 4.52 Å². The third-order valence-corrected chi connectivity index (χ3v) is 2.04. The Hall–Kier alpha value is -0.900. The predicted molar refractivity (Wildman–Crippen MR) is 44.0 cm³/mol. The van der Waals surface area contributed by atoms with Gasteiger partial charge in [-0.25, -0.2) is 13.5 Å². The molecular weight excluding hydrogens is 198 g/mol. The lowest BCUT2D eigenvalue weighted by Crippen LogP contribution is -1.95. The molecule has 0 bridgehead atoms. The summed E-state index contributed by atoms with van der Waals surface area (Å²) in [4.78, 5) is 8.84. The molecule has 0 aliphatic carbocycles. The van der Waals surface area contributed by atoms with Crippen LogP contribution >= 0.6 is 7.82 Å². The molecule has 0 saturated carbocycles. The van der Waals surface area contributed by atoms with Gasteiger partial charge in [-0.1, -0.05) is 18.2 Å². The normalized spacial score (nSPS) is 14.9. The number of rotatable bonds is 4. The van der Waals surface area contributed by atoms with E-state index >= 15 is 0 Å². The third-order valence-electron chi connectivity index (χ3n) is 1.18. The molecule has 0 amide bonds. The van der Waals surface area contributed by atoms with Gasteiger partial charge in [-0.05, 0) is 12.1 Å². The quantitative estimate of drug-likeness (QED) is 0.766. The van der Waals surface area contributed by atoms with Crippen molar-refractivity contribution in [1.82, 2.24) is 0 Å². The average molecular weight is 206 g/mol. The second-order valence-electron chi connectivity index (χ2n) is 2.11. The van der Waals surface area contributed by atoms with E-state index in [9.17, 15) is 8.96 Å². The van der Waals surface area contributed by atoms with Gasteiger partial charge in [0, 0.05) is 0 Å². The highest BCUT2D eigenvalue weighted by Crippen LogP contribution is 2.43. The zero-order valence-corrected chi connectivity index (χ0v) is 7.49. The van der Waals surface area contributed by atoms with Crippen LogP contribution in [0.5, 0.6) is 5.75 Å². The molecule has 13 heavy (non-hydrogen) atoms. The van der Waals surface area contributed by atoms with Crippen LogP contribution in [0.2, 0.25) is 0 Å². The summed E-state index contributed by atoms with van der Waals surface area (Å²) in [6.07, 6.45) is 0. The topological polar surface area (TPSA) is 55.8 Å². The molecule has 1 aromatic carbocycles. The second-order valence-corrected chi connectivity index (χ2v) is 3.49. The highest BCUT2D eigenvalue weighted by molar-refractivity contribution is 7.47. The van der Waals surface area contributed by atoms with Crippen molar-refractivity contribution >= 4 is 7.82 Å². The van der Waals surface area contributed by atoms with Gasteiger partial charge in [0.05, 0.1) is 0 Å². The number of alkyl halides is 1. The minimum Gasteiger partial charge on any atom is -0.404 e. The standard InChI is InChI=1S/C7H8FO4P/c8-6-11-13(9,10)12-7-4-2-1-3-5-7/h1-5H,6H2,(H,9,10). The van der Waals surface area contributed by atoms with Crippen LogP contribution < -0.4 is 4.52 Å². The number of para-hydroxylation sites is 1. The van der Waals surface area contributed by atoms with E-state index in [1.165, 1.54) is 12.1 Å². The maximum Gasteiger partial charge on any atom is 0.529 e. The smallest absolute Gasteiger partial charge is 0.404 e. The lowest BCUT2D eigenvalue weighted by molar-refractivity contribution is 0.135. The summed E-state index contributed by atoms with van der Waals surface area (Å²) >= 11 is 0. The summed E-state index contributed by atoms with van der Waals surface area (Å²) in [5.41, 5.74) is 0. The van der Waals surface area contributed by atoms with Gasteiger partial charge in [0.2, 0.25) is 6.86 Å². The van der Waals surface area contributed by atoms with Gasteiger partial charge in [-0.3, -0.25) is 4.89 Å². The molecule has 1 N–H and O–H groups in total. The van der Waals surface area contributed by atoms with E-state index in [1.54, 1.807) is 18.2 Å². The van der Waals surface area contributed by atoms with Crippen LogP contribution in [-0.4, -0.2) is 11.8 Å². The van der Waals surface area contributed by atoms with Crippen LogP contribution in [0.4, 0.5) is 4.39 Å². The van der Waals surface area contributed by atoms with Crippen molar-refractivity contribution in [3.8, 4) is 5.75 Å². The first-order chi connectivity index (χ1) is 6.14. The number of hydrogen-bond acceptors (Lipinski definition) is 3. The van der Waals surface area contributed by atoms with Crippen molar-refractivity contribution in [2.24, 2.45) is 0 Å². The number of halogens is 1. The number of phosphoric acid groups is 1. The first-order valence-electron chi connectivity index (χ1n) is 3.42. The molecule has 0 fully saturated rings. The molecular formula is C7H8FO4P. The summed E-state index contributed by atoms with van der Waals surface area (Å²) in [5, 5.41) is 0. The van der Waals surface area contributed by atoms with Crippen molar-refractivity contribution < 1.29 is 22.9 Å². The zero-order valence-electron chi connectivity index (χ0n) is 6.59. The molecule has 4 nitrogen and oxygen atoms in total. The van der Waals surface area contributed by atoms with Gasteiger partial charge in [-0.15, -0.1) is 0 Å².